The number of nitrogens with zero attached hydrogens (tertiary/aromatic N) is 4. The Morgan fingerprint density at radius 2 is 1.81 bits per heavy atom. The Hall–Kier alpha value is -2.94. The molecule has 0 spiro atoms. The number of esters is 1. The van der Waals surface area contributed by atoms with Gasteiger partial charge in [-0.05, 0) is 18.4 Å². The van der Waals surface area contributed by atoms with Crippen molar-refractivity contribution in [2.75, 3.05) is 5.75 Å². The normalized spacial score (nSPS) is 14.3. The summed E-state index contributed by atoms with van der Waals surface area (Å²) >= 11 is 1.15. The van der Waals surface area contributed by atoms with Gasteiger partial charge >= 0.3 is 11.7 Å². The minimum Gasteiger partial charge on any atom is -0.460 e. The minimum absolute atomic E-state index is 0.00898. The standard InChI is InChI=1S/C22H24N4O4S/c1-25-19-17(21(28)26(2)22(25)29)20(24-18(23-19)15-10-6-7-11-15)31-13-16(27)30-12-14-8-4-3-5-9-14/h3-5,8-9,15H,6-7,10-13H2,1-2H3. The molecule has 31 heavy (non-hydrogen) atoms. The van der Waals surface area contributed by atoms with E-state index in [1.165, 1.54) is 11.6 Å². The third kappa shape index (κ3) is 4.41. The molecule has 9 heteroatoms. The largest absolute Gasteiger partial charge is 0.460 e. The zero-order valence-corrected chi connectivity index (χ0v) is 18.4. The van der Waals surface area contributed by atoms with Crippen LogP contribution in [0.3, 0.4) is 0 Å². The molecule has 0 unspecified atom stereocenters. The van der Waals surface area contributed by atoms with Crippen LogP contribution in [-0.2, 0) is 30.2 Å². The Bertz CT molecular complexity index is 1230. The Labute approximate surface area is 183 Å². The molecule has 1 aromatic carbocycles. The molecule has 0 saturated heterocycles. The molecule has 0 N–H and O–H groups in total. The Morgan fingerprint density at radius 1 is 1.10 bits per heavy atom. The van der Waals surface area contributed by atoms with Crippen LogP contribution in [0.25, 0.3) is 11.0 Å². The van der Waals surface area contributed by atoms with E-state index < -0.39 is 17.2 Å². The van der Waals surface area contributed by atoms with Crippen molar-refractivity contribution in [3.63, 3.8) is 0 Å². The van der Waals surface area contributed by atoms with Gasteiger partial charge in [-0.25, -0.2) is 14.8 Å². The molecule has 3 aromatic rings. The fourth-order valence-corrected chi connectivity index (χ4v) is 4.64. The van der Waals surface area contributed by atoms with E-state index in [0.717, 1.165) is 47.6 Å². The Kier molecular flexibility index (Phi) is 6.22. The van der Waals surface area contributed by atoms with Crippen LogP contribution in [0.1, 0.15) is 43.0 Å². The van der Waals surface area contributed by atoms with Crippen LogP contribution >= 0.6 is 11.8 Å². The summed E-state index contributed by atoms with van der Waals surface area (Å²) in [6.07, 6.45) is 4.17. The fraction of sp³-hybridized carbons (Fsp3) is 0.409. The minimum atomic E-state index is -0.462. The number of rotatable bonds is 6. The third-order valence-corrected chi connectivity index (χ3v) is 6.52. The molecule has 0 amide bonds. The van der Waals surface area contributed by atoms with Gasteiger partial charge in [0.05, 0.1) is 5.75 Å². The van der Waals surface area contributed by atoms with Gasteiger partial charge in [-0.3, -0.25) is 18.7 Å². The summed E-state index contributed by atoms with van der Waals surface area (Å²) in [5.41, 5.74) is 0.314. The number of fused-ring (bicyclic) bond motifs is 1. The van der Waals surface area contributed by atoms with Crippen molar-refractivity contribution >= 4 is 28.8 Å². The van der Waals surface area contributed by atoms with Crippen LogP contribution in [-0.4, -0.2) is 30.8 Å². The van der Waals surface area contributed by atoms with Gasteiger partial charge in [0, 0.05) is 20.0 Å². The predicted octanol–water partition coefficient (Wildman–Crippen LogP) is 2.52. The molecule has 1 aliphatic rings. The highest BCUT2D eigenvalue weighted by molar-refractivity contribution is 8.00. The number of hydrogen-bond acceptors (Lipinski definition) is 7. The first-order valence-corrected chi connectivity index (χ1v) is 11.2. The van der Waals surface area contributed by atoms with Gasteiger partial charge < -0.3 is 4.74 Å². The first-order chi connectivity index (χ1) is 15.0. The van der Waals surface area contributed by atoms with Crippen LogP contribution in [0.4, 0.5) is 0 Å². The van der Waals surface area contributed by atoms with Crippen LogP contribution in [0.15, 0.2) is 44.9 Å². The summed E-state index contributed by atoms with van der Waals surface area (Å²) in [5.74, 6) is 0.445. The second-order valence-electron chi connectivity index (χ2n) is 7.71. The average Bonchev–Trinajstić information content (AvgIpc) is 3.33. The number of benzene rings is 1. The highest BCUT2D eigenvalue weighted by atomic mass is 32.2. The molecule has 2 heterocycles. The SMILES string of the molecule is Cn1c(=O)c2c(SCC(=O)OCc3ccccc3)nc(C3CCCC3)nc2n(C)c1=O. The van der Waals surface area contributed by atoms with Gasteiger partial charge in [-0.15, -0.1) is 0 Å². The molecular weight excluding hydrogens is 416 g/mol. The van der Waals surface area contributed by atoms with Crippen LogP contribution in [0.2, 0.25) is 0 Å². The van der Waals surface area contributed by atoms with Gasteiger partial charge in [-0.2, -0.15) is 0 Å². The van der Waals surface area contributed by atoms with Gasteiger partial charge in [0.1, 0.15) is 22.8 Å². The highest BCUT2D eigenvalue weighted by Crippen LogP contribution is 2.34. The van der Waals surface area contributed by atoms with Gasteiger partial charge in [0.15, 0.2) is 5.65 Å². The van der Waals surface area contributed by atoms with E-state index in [2.05, 4.69) is 9.97 Å². The summed E-state index contributed by atoms with van der Waals surface area (Å²) < 4.78 is 7.76. The maximum Gasteiger partial charge on any atom is 0.332 e. The molecule has 0 radical (unpaired) electrons. The predicted molar refractivity (Wildman–Crippen MR) is 118 cm³/mol. The molecule has 162 valence electrons. The van der Waals surface area contributed by atoms with Crippen molar-refractivity contribution in [1.29, 1.82) is 0 Å². The maximum atomic E-state index is 12.9. The summed E-state index contributed by atoms with van der Waals surface area (Å²) in [7, 11) is 3.02. The van der Waals surface area contributed by atoms with E-state index in [1.807, 2.05) is 30.3 Å². The van der Waals surface area contributed by atoms with Crippen LogP contribution in [0, 0.1) is 0 Å². The molecule has 0 aliphatic heterocycles. The molecule has 4 rings (SSSR count). The maximum absolute atomic E-state index is 12.9. The Morgan fingerprint density at radius 3 is 2.52 bits per heavy atom. The molecule has 1 fully saturated rings. The van der Waals surface area contributed by atoms with Crippen LogP contribution < -0.4 is 11.2 Å². The summed E-state index contributed by atoms with van der Waals surface area (Å²) in [6.45, 7) is 0.189. The first-order valence-electron chi connectivity index (χ1n) is 10.3. The van der Waals surface area contributed by atoms with Crippen molar-refractivity contribution in [2.45, 2.75) is 43.2 Å². The van der Waals surface area contributed by atoms with Crippen molar-refractivity contribution in [3.8, 4) is 0 Å². The lowest BCUT2D eigenvalue weighted by atomic mass is 10.1. The van der Waals surface area contributed by atoms with Crippen molar-refractivity contribution in [1.82, 2.24) is 19.1 Å². The van der Waals surface area contributed by atoms with E-state index in [4.69, 9.17) is 4.74 Å². The molecule has 1 saturated carbocycles. The van der Waals surface area contributed by atoms with E-state index in [1.54, 1.807) is 7.05 Å². The fourth-order valence-electron chi connectivity index (χ4n) is 3.82. The van der Waals surface area contributed by atoms with E-state index in [9.17, 15) is 14.4 Å². The van der Waals surface area contributed by atoms with Crippen molar-refractivity contribution < 1.29 is 9.53 Å². The topological polar surface area (TPSA) is 96.1 Å². The number of aromatic nitrogens is 4. The second kappa shape index (κ2) is 9.05. The Balaban J connectivity index is 1.64. The smallest absolute Gasteiger partial charge is 0.332 e. The van der Waals surface area contributed by atoms with E-state index in [0.29, 0.717) is 16.5 Å². The number of thioether (sulfide) groups is 1. The summed E-state index contributed by atoms with van der Waals surface area (Å²) in [4.78, 5) is 46.8. The number of carbonyl (C=O) groups excluding carboxylic acids is 1. The first kappa shape index (κ1) is 21.3. The summed E-state index contributed by atoms with van der Waals surface area (Å²) in [6, 6.07) is 9.44. The van der Waals surface area contributed by atoms with Crippen molar-refractivity contribution in [2.24, 2.45) is 14.1 Å². The van der Waals surface area contributed by atoms with E-state index >= 15 is 0 Å². The molecule has 0 bridgehead atoms. The zero-order chi connectivity index (χ0) is 22.0. The number of aryl methyl sites for hydroxylation is 1. The molecule has 8 nitrogen and oxygen atoms in total. The molecule has 2 aromatic heterocycles. The molecule has 0 atom stereocenters. The highest BCUT2D eigenvalue weighted by Gasteiger charge is 2.24. The van der Waals surface area contributed by atoms with E-state index in [-0.39, 0.29) is 23.7 Å². The van der Waals surface area contributed by atoms with Gasteiger partial charge in [0.25, 0.3) is 5.56 Å². The average molecular weight is 441 g/mol. The molecular formula is C22H24N4O4S. The zero-order valence-electron chi connectivity index (χ0n) is 17.5. The lowest BCUT2D eigenvalue weighted by Crippen LogP contribution is -2.38. The van der Waals surface area contributed by atoms with Crippen LogP contribution in [0.5, 0.6) is 0 Å². The lowest BCUT2D eigenvalue weighted by Gasteiger charge is -2.14. The second-order valence-corrected chi connectivity index (χ2v) is 8.67. The van der Waals surface area contributed by atoms with Gasteiger partial charge in [0.2, 0.25) is 0 Å². The number of carbonyl (C=O) groups is 1. The third-order valence-electron chi connectivity index (χ3n) is 5.57. The monoisotopic (exact) mass is 440 g/mol. The number of ether oxygens (including phenoxy) is 1. The van der Waals surface area contributed by atoms with Crippen molar-refractivity contribution in [3.05, 3.63) is 62.6 Å². The van der Waals surface area contributed by atoms with Gasteiger partial charge in [-0.1, -0.05) is 54.9 Å². The summed E-state index contributed by atoms with van der Waals surface area (Å²) in [5, 5.41) is 0.673. The quantitative estimate of drug-likeness (QED) is 0.330. The molecule has 1 aliphatic carbocycles. The lowest BCUT2D eigenvalue weighted by molar-refractivity contribution is -0.141. The number of hydrogen-bond donors (Lipinski definition) is 0.